The molecule has 0 aromatic carbocycles. The molecule has 7 atom stereocenters. The van der Waals surface area contributed by atoms with Gasteiger partial charge in [0, 0.05) is 5.92 Å². The average Bonchev–Trinajstić information content (AvgIpc) is 3.14. The highest BCUT2D eigenvalue weighted by atomic mass is 16.7. The lowest BCUT2D eigenvalue weighted by atomic mass is 9.99. The largest absolute Gasteiger partial charge is 0.320 e. The van der Waals surface area contributed by atoms with Crippen LogP contribution in [0.15, 0.2) is 24.3 Å². The van der Waals surface area contributed by atoms with E-state index in [1.807, 2.05) is 27.7 Å². The molecule has 0 bridgehead atoms. The third kappa shape index (κ3) is 9.98. The van der Waals surface area contributed by atoms with E-state index in [1.54, 1.807) is 12.0 Å². The van der Waals surface area contributed by atoms with Crippen molar-refractivity contribution in [1.82, 2.24) is 10.1 Å². The van der Waals surface area contributed by atoms with E-state index in [-0.39, 0.29) is 42.0 Å². The molecular formula is C29H53N3O4. The third-order valence-corrected chi connectivity index (χ3v) is 6.80. The van der Waals surface area contributed by atoms with Crippen LogP contribution in [0.3, 0.4) is 0 Å². The third-order valence-electron chi connectivity index (χ3n) is 6.80. The zero-order chi connectivity index (χ0) is 27.4. The number of carbonyl (C=O) groups is 2. The van der Waals surface area contributed by atoms with Crippen molar-refractivity contribution in [3.05, 3.63) is 24.3 Å². The monoisotopic (exact) mass is 507 g/mol. The standard InChI is InChI=1S/C15H27NO2.C14H26N2O2/c1-6-8-12(4)14-10-7-9-13(5)16(18-14)15(17)11(2)3;1-5-7-10(2)13-9-6-8-11(3)16(18-13)14(17)12(4)15/h7,10-14H,6,8-9H2,1-5H3;6,9-13H,5,7-8,15H2,1-4H3/t12-,13-,14+;10-,11-,12+,13+/m11/s1. The maximum Gasteiger partial charge on any atom is 0.263 e. The maximum atomic E-state index is 12.2. The Morgan fingerprint density at radius 2 is 1.19 bits per heavy atom. The van der Waals surface area contributed by atoms with Crippen LogP contribution < -0.4 is 5.73 Å². The summed E-state index contributed by atoms with van der Waals surface area (Å²) in [4.78, 5) is 36.0. The quantitative estimate of drug-likeness (QED) is 0.420. The molecule has 0 spiro atoms. The van der Waals surface area contributed by atoms with Crippen molar-refractivity contribution in [1.29, 1.82) is 0 Å². The number of nitrogens with zero attached hydrogens (tertiary/aromatic N) is 2. The molecule has 7 heteroatoms. The van der Waals surface area contributed by atoms with Gasteiger partial charge in [0.15, 0.2) is 0 Å². The number of carbonyl (C=O) groups excluding carboxylic acids is 2. The minimum Gasteiger partial charge on any atom is -0.320 e. The Balaban J connectivity index is 0.000000360. The Hall–Kier alpha value is -1.70. The van der Waals surface area contributed by atoms with Gasteiger partial charge in [0.05, 0.1) is 18.1 Å². The van der Waals surface area contributed by atoms with Crippen molar-refractivity contribution in [2.75, 3.05) is 0 Å². The zero-order valence-electron chi connectivity index (χ0n) is 24.3. The minimum absolute atomic E-state index is 0.0207. The summed E-state index contributed by atoms with van der Waals surface area (Å²) < 4.78 is 0. The smallest absolute Gasteiger partial charge is 0.263 e. The van der Waals surface area contributed by atoms with Crippen LogP contribution in [-0.4, -0.2) is 52.3 Å². The number of nitrogens with two attached hydrogens (primary N) is 1. The molecule has 2 heterocycles. The molecule has 0 radical (unpaired) electrons. The fourth-order valence-electron chi connectivity index (χ4n) is 4.37. The summed E-state index contributed by atoms with van der Waals surface area (Å²) in [5.74, 6) is 0.770. The second-order valence-electron chi connectivity index (χ2n) is 11.0. The topological polar surface area (TPSA) is 85.1 Å². The molecule has 0 saturated heterocycles. The highest BCUT2D eigenvalue weighted by Gasteiger charge is 2.30. The van der Waals surface area contributed by atoms with E-state index in [4.69, 9.17) is 15.4 Å². The van der Waals surface area contributed by atoms with Gasteiger partial charge in [-0.3, -0.25) is 19.3 Å². The molecule has 36 heavy (non-hydrogen) atoms. The van der Waals surface area contributed by atoms with Crippen LogP contribution in [-0.2, 0) is 19.3 Å². The number of rotatable bonds is 8. The van der Waals surface area contributed by atoms with E-state index in [9.17, 15) is 9.59 Å². The van der Waals surface area contributed by atoms with Crippen LogP contribution in [0.4, 0.5) is 0 Å². The summed E-state index contributed by atoms with van der Waals surface area (Å²) in [5, 5.41) is 3.07. The van der Waals surface area contributed by atoms with Gasteiger partial charge in [-0.2, -0.15) is 0 Å². The fourth-order valence-corrected chi connectivity index (χ4v) is 4.37. The van der Waals surface area contributed by atoms with Crippen LogP contribution in [0.25, 0.3) is 0 Å². The SMILES string of the molecule is CCC[C@@H](C)[C@@H]1C=CC[C@@H](C)N(C(=O)C(C)C)O1.CCC[C@@H](C)[C@@H]1C=CC[C@@H](C)N(C(=O)[C@H](C)N)O1. The predicted octanol–water partition coefficient (Wildman–Crippen LogP) is 5.80. The first-order chi connectivity index (χ1) is 16.9. The molecule has 2 amide bonds. The van der Waals surface area contributed by atoms with Crippen LogP contribution in [0, 0.1) is 17.8 Å². The van der Waals surface area contributed by atoms with E-state index in [0.717, 1.165) is 38.5 Å². The molecule has 2 rings (SSSR count). The second-order valence-corrected chi connectivity index (χ2v) is 11.0. The number of hydrogen-bond acceptors (Lipinski definition) is 5. The Morgan fingerprint density at radius 1 is 0.806 bits per heavy atom. The van der Waals surface area contributed by atoms with E-state index >= 15 is 0 Å². The van der Waals surface area contributed by atoms with Gasteiger partial charge in [-0.05, 0) is 58.3 Å². The van der Waals surface area contributed by atoms with Crippen molar-refractivity contribution in [2.24, 2.45) is 23.5 Å². The fraction of sp³-hybridized carbons (Fsp3) is 0.793. The maximum absolute atomic E-state index is 12.2. The van der Waals surface area contributed by atoms with Crippen LogP contribution in [0.2, 0.25) is 0 Å². The van der Waals surface area contributed by atoms with Crippen LogP contribution >= 0.6 is 0 Å². The molecular weight excluding hydrogens is 454 g/mol. The summed E-state index contributed by atoms with van der Waals surface area (Å²) in [6.45, 7) is 18.2. The molecule has 0 aliphatic carbocycles. The lowest BCUT2D eigenvalue weighted by molar-refractivity contribution is -0.219. The number of hydrogen-bond donors (Lipinski definition) is 1. The van der Waals surface area contributed by atoms with Gasteiger partial charge in [0.25, 0.3) is 5.91 Å². The minimum atomic E-state index is -0.521. The molecule has 2 aliphatic heterocycles. The first-order valence-electron chi connectivity index (χ1n) is 14.0. The van der Waals surface area contributed by atoms with Gasteiger partial charge in [-0.15, -0.1) is 0 Å². The lowest BCUT2D eigenvalue weighted by Gasteiger charge is -2.32. The lowest BCUT2D eigenvalue weighted by Crippen LogP contribution is -2.47. The van der Waals surface area contributed by atoms with Crippen molar-refractivity contribution >= 4 is 11.8 Å². The van der Waals surface area contributed by atoms with Crippen LogP contribution in [0.5, 0.6) is 0 Å². The molecule has 7 nitrogen and oxygen atoms in total. The molecule has 0 aromatic heterocycles. The molecule has 2 N–H and O–H groups in total. The average molecular weight is 508 g/mol. The van der Waals surface area contributed by atoms with Gasteiger partial charge in [-0.25, -0.2) is 10.1 Å². The van der Waals surface area contributed by atoms with Crippen molar-refractivity contribution in [3.63, 3.8) is 0 Å². The van der Waals surface area contributed by atoms with Gasteiger partial charge in [0.1, 0.15) is 12.2 Å². The van der Waals surface area contributed by atoms with Crippen LogP contribution in [0.1, 0.15) is 101 Å². The van der Waals surface area contributed by atoms with E-state index in [2.05, 4.69) is 52.0 Å². The second kappa shape index (κ2) is 16.2. The van der Waals surface area contributed by atoms with Crippen molar-refractivity contribution in [3.8, 4) is 0 Å². The first kappa shape index (κ1) is 32.3. The summed E-state index contributed by atoms with van der Waals surface area (Å²) >= 11 is 0. The molecule has 208 valence electrons. The number of amides is 2. The normalized spacial score (nSPS) is 27.0. The molecule has 0 saturated carbocycles. The highest BCUT2D eigenvalue weighted by molar-refractivity contribution is 5.80. The van der Waals surface area contributed by atoms with E-state index in [1.165, 1.54) is 5.06 Å². The molecule has 0 unspecified atom stereocenters. The Morgan fingerprint density at radius 3 is 1.53 bits per heavy atom. The first-order valence-corrected chi connectivity index (χ1v) is 14.0. The predicted molar refractivity (Wildman–Crippen MR) is 147 cm³/mol. The summed E-state index contributed by atoms with van der Waals surface area (Å²) in [7, 11) is 0. The summed E-state index contributed by atoms with van der Waals surface area (Å²) in [6, 6.07) is -0.360. The van der Waals surface area contributed by atoms with Gasteiger partial charge in [0.2, 0.25) is 5.91 Å². The molecule has 0 fully saturated rings. The van der Waals surface area contributed by atoms with Gasteiger partial charge in [-0.1, -0.05) is 78.7 Å². The highest BCUT2D eigenvalue weighted by Crippen LogP contribution is 2.24. The Kier molecular flexibility index (Phi) is 14.6. The zero-order valence-corrected chi connectivity index (χ0v) is 24.3. The Bertz CT molecular complexity index is 661. The van der Waals surface area contributed by atoms with Gasteiger partial charge < -0.3 is 5.73 Å². The molecule has 2 aliphatic rings. The van der Waals surface area contributed by atoms with Crippen molar-refractivity contribution in [2.45, 2.75) is 131 Å². The summed E-state index contributed by atoms with van der Waals surface area (Å²) in [6.07, 6.45) is 14.6. The van der Waals surface area contributed by atoms with Gasteiger partial charge >= 0.3 is 0 Å². The van der Waals surface area contributed by atoms with E-state index < -0.39 is 6.04 Å². The van der Waals surface area contributed by atoms with Crippen molar-refractivity contribution < 1.29 is 19.3 Å². The molecule has 0 aromatic rings. The van der Waals surface area contributed by atoms with E-state index in [0.29, 0.717) is 11.8 Å². The Labute approximate surface area is 220 Å². The summed E-state index contributed by atoms with van der Waals surface area (Å²) in [5.41, 5.74) is 5.67. The number of hydroxylamine groups is 4.